The second-order valence-corrected chi connectivity index (χ2v) is 12.4. The maximum absolute atomic E-state index is 14.2. The molecule has 0 radical (unpaired) electrons. The Bertz CT molecular complexity index is 1880. The van der Waals surface area contributed by atoms with Crippen molar-refractivity contribution in [2.45, 2.75) is 31.1 Å². The number of aromatic hydroxyl groups is 1. The molecule has 0 aromatic heterocycles. The largest absolute Gasteiger partial charge is 0.508 e. The first-order valence-electron chi connectivity index (χ1n) is 15.0. The molecule has 11 heteroatoms. The van der Waals surface area contributed by atoms with Crippen molar-refractivity contribution in [2.75, 3.05) is 26.1 Å². The van der Waals surface area contributed by atoms with E-state index in [-0.39, 0.29) is 42.1 Å². The van der Waals surface area contributed by atoms with Crippen LogP contribution >= 0.6 is 0 Å². The lowest BCUT2D eigenvalue weighted by atomic mass is 9.58. The number of fused-ring (bicyclic) bond motifs is 4. The van der Waals surface area contributed by atoms with E-state index in [0.717, 1.165) is 22.4 Å². The SMILES string of the molecule is CN(C)C1C(OCc2ccccc2)=C(C(N)=O)C(=O)C2(O)C(O)=C3C(=O)c4c(O)ccc(-c5ccc6c(c5)NCO6)c4CC3CC12. The number of amides is 1. The van der Waals surface area contributed by atoms with Gasteiger partial charge in [-0.25, -0.2) is 0 Å². The van der Waals surface area contributed by atoms with Gasteiger partial charge in [0, 0.05) is 11.5 Å². The van der Waals surface area contributed by atoms with Crippen LogP contribution in [-0.2, 0) is 27.4 Å². The second kappa shape index (κ2) is 10.7. The lowest BCUT2D eigenvalue weighted by molar-refractivity contribution is -0.149. The molecular formula is C35H33N3O8. The first kappa shape index (κ1) is 29.6. The molecule has 236 valence electrons. The summed E-state index contributed by atoms with van der Waals surface area (Å²) in [5.41, 5.74) is 6.06. The number of hydrogen-bond acceptors (Lipinski definition) is 10. The zero-order valence-corrected chi connectivity index (χ0v) is 25.2. The third kappa shape index (κ3) is 4.30. The Hall–Kier alpha value is -5.13. The fraction of sp³-hybridized carbons (Fsp3) is 0.286. The predicted molar refractivity (Wildman–Crippen MR) is 167 cm³/mol. The number of benzene rings is 3. The minimum absolute atomic E-state index is 0.00556. The number of hydrogen-bond donors (Lipinski definition) is 5. The first-order chi connectivity index (χ1) is 22.0. The predicted octanol–water partition coefficient (Wildman–Crippen LogP) is 3.21. The second-order valence-electron chi connectivity index (χ2n) is 12.4. The molecule has 0 spiro atoms. The molecule has 0 saturated heterocycles. The highest BCUT2D eigenvalue weighted by Crippen LogP contribution is 2.53. The molecule has 1 aliphatic heterocycles. The van der Waals surface area contributed by atoms with Crippen LogP contribution in [0.15, 0.2) is 83.3 Å². The van der Waals surface area contributed by atoms with Gasteiger partial charge in [-0.05, 0) is 73.3 Å². The van der Waals surface area contributed by atoms with E-state index >= 15 is 0 Å². The number of anilines is 1. The van der Waals surface area contributed by atoms with E-state index in [0.29, 0.717) is 18.0 Å². The van der Waals surface area contributed by atoms with Gasteiger partial charge in [0.15, 0.2) is 18.1 Å². The molecule has 7 rings (SSSR count). The summed E-state index contributed by atoms with van der Waals surface area (Å²) in [5, 5.41) is 38.0. The van der Waals surface area contributed by atoms with Crippen LogP contribution in [0.3, 0.4) is 0 Å². The summed E-state index contributed by atoms with van der Waals surface area (Å²) in [5.74, 6) is -4.97. The number of nitrogens with one attached hydrogen (secondary N) is 1. The van der Waals surface area contributed by atoms with E-state index in [1.54, 1.807) is 25.1 Å². The number of Topliss-reactive ketones (excluding diaryl/α,β-unsaturated/α-hetero) is 2. The number of aliphatic hydroxyl groups excluding tert-OH is 1. The van der Waals surface area contributed by atoms with Crippen molar-refractivity contribution in [3.63, 3.8) is 0 Å². The van der Waals surface area contributed by atoms with E-state index < -0.39 is 52.3 Å². The third-order valence-corrected chi connectivity index (χ3v) is 9.60. The molecule has 4 aliphatic rings. The van der Waals surface area contributed by atoms with Crippen molar-refractivity contribution >= 4 is 23.2 Å². The molecule has 11 nitrogen and oxygen atoms in total. The maximum atomic E-state index is 14.2. The highest BCUT2D eigenvalue weighted by molar-refractivity contribution is 6.25. The normalized spacial score (nSPS) is 24.9. The van der Waals surface area contributed by atoms with Gasteiger partial charge in [0.25, 0.3) is 5.91 Å². The van der Waals surface area contributed by atoms with Gasteiger partial charge in [0.2, 0.25) is 5.78 Å². The Balaban J connectivity index is 1.35. The molecule has 0 fully saturated rings. The van der Waals surface area contributed by atoms with Crippen molar-refractivity contribution in [1.82, 2.24) is 4.90 Å². The number of ketones is 2. The Morgan fingerprint density at radius 3 is 2.59 bits per heavy atom. The van der Waals surface area contributed by atoms with Gasteiger partial charge >= 0.3 is 0 Å². The van der Waals surface area contributed by atoms with Crippen molar-refractivity contribution in [3.8, 4) is 22.6 Å². The number of nitrogens with two attached hydrogens (primary N) is 1. The summed E-state index contributed by atoms with van der Waals surface area (Å²) < 4.78 is 11.7. The summed E-state index contributed by atoms with van der Waals surface area (Å²) in [6.45, 7) is 0.376. The van der Waals surface area contributed by atoms with Crippen LogP contribution in [-0.4, -0.2) is 70.2 Å². The zero-order chi connectivity index (χ0) is 32.5. The Kier molecular flexibility index (Phi) is 6.91. The molecule has 3 aromatic carbocycles. The number of primary amides is 1. The summed E-state index contributed by atoms with van der Waals surface area (Å²) in [6, 6.07) is 17.1. The highest BCUT2D eigenvalue weighted by Gasteiger charge is 2.63. The van der Waals surface area contributed by atoms with Gasteiger partial charge in [-0.3, -0.25) is 19.3 Å². The van der Waals surface area contributed by atoms with Gasteiger partial charge in [-0.15, -0.1) is 0 Å². The molecule has 46 heavy (non-hydrogen) atoms. The average Bonchev–Trinajstić information content (AvgIpc) is 3.50. The minimum Gasteiger partial charge on any atom is -0.508 e. The molecule has 3 aromatic rings. The van der Waals surface area contributed by atoms with E-state index in [4.69, 9.17) is 15.2 Å². The van der Waals surface area contributed by atoms with Gasteiger partial charge < -0.3 is 35.8 Å². The quantitative estimate of drug-likeness (QED) is 0.257. The van der Waals surface area contributed by atoms with E-state index in [9.17, 15) is 29.7 Å². The lowest BCUT2D eigenvalue weighted by Gasteiger charge is -2.50. The number of likely N-dealkylation sites (N-methyl/N-ethyl adjacent to an activating group) is 1. The van der Waals surface area contributed by atoms with E-state index in [2.05, 4.69) is 5.32 Å². The fourth-order valence-corrected chi connectivity index (χ4v) is 7.54. The van der Waals surface area contributed by atoms with Gasteiger partial charge in [-0.1, -0.05) is 42.5 Å². The molecule has 4 atom stereocenters. The molecule has 3 aliphatic carbocycles. The minimum atomic E-state index is -2.63. The number of carbonyl (C=O) groups is 3. The zero-order valence-electron chi connectivity index (χ0n) is 25.2. The van der Waals surface area contributed by atoms with Crippen molar-refractivity contribution in [1.29, 1.82) is 0 Å². The number of nitrogens with zero attached hydrogens (tertiary/aromatic N) is 1. The Morgan fingerprint density at radius 2 is 1.87 bits per heavy atom. The Labute approximate surface area is 264 Å². The van der Waals surface area contributed by atoms with Crippen LogP contribution in [0.5, 0.6) is 11.5 Å². The number of carbonyl (C=O) groups excluding carboxylic acids is 3. The number of allylic oxidation sites excluding steroid dienone is 1. The maximum Gasteiger partial charge on any atom is 0.255 e. The highest BCUT2D eigenvalue weighted by atomic mass is 16.5. The van der Waals surface area contributed by atoms with Crippen molar-refractivity contribution in [3.05, 3.63) is 100 Å². The standard InChI is InChI=1S/C35H33N3O8/c1-38(2)29-22-13-19-12-21-20(18-8-11-25-23(14-18)37-16-46-25)9-10-24(39)27(21)30(40)26(19)32(41)35(22,44)33(42)28(34(36)43)31(29)45-15-17-6-4-3-5-7-17/h3-11,14,19,22,29,37,39,41,44H,12-13,15-16H2,1-2H3,(H2,36,43). The lowest BCUT2D eigenvalue weighted by Crippen LogP contribution is -2.64. The van der Waals surface area contributed by atoms with Crippen LogP contribution in [0.4, 0.5) is 5.69 Å². The fourth-order valence-electron chi connectivity index (χ4n) is 7.54. The number of rotatable bonds is 6. The van der Waals surface area contributed by atoms with Gasteiger partial charge in [-0.2, -0.15) is 0 Å². The summed E-state index contributed by atoms with van der Waals surface area (Å²) in [4.78, 5) is 42.7. The van der Waals surface area contributed by atoms with Crippen LogP contribution in [0.2, 0.25) is 0 Å². The number of ether oxygens (including phenoxy) is 2. The summed E-state index contributed by atoms with van der Waals surface area (Å²) >= 11 is 0. The van der Waals surface area contributed by atoms with E-state index in [1.165, 1.54) is 6.07 Å². The van der Waals surface area contributed by atoms with Gasteiger partial charge in [0.05, 0.1) is 17.3 Å². The summed E-state index contributed by atoms with van der Waals surface area (Å²) in [7, 11) is 3.43. The third-order valence-electron chi connectivity index (χ3n) is 9.60. The van der Waals surface area contributed by atoms with Crippen LogP contribution in [0.1, 0.15) is 27.9 Å². The topological polar surface area (TPSA) is 172 Å². The molecule has 1 amide bonds. The number of phenolic OH excluding ortho intramolecular Hbond substituents is 1. The molecule has 4 unspecified atom stereocenters. The Morgan fingerprint density at radius 1 is 1.11 bits per heavy atom. The van der Waals surface area contributed by atoms with Crippen LogP contribution < -0.4 is 15.8 Å². The van der Waals surface area contributed by atoms with Gasteiger partial charge in [0.1, 0.15) is 35.2 Å². The summed E-state index contributed by atoms with van der Waals surface area (Å²) in [6.07, 6.45) is 0.327. The van der Waals surface area contributed by atoms with Crippen molar-refractivity contribution < 1.29 is 39.2 Å². The smallest absolute Gasteiger partial charge is 0.255 e. The molecule has 6 N–H and O–H groups in total. The van der Waals surface area contributed by atoms with Crippen molar-refractivity contribution in [2.24, 2.45) is 17.6 Å². The number of aliphatic hydroxyl groups is 2. The first-order valence-corrected chi connectivity index (χ1v) is 15.0. The van der Waals surface area contributed by atoms with Crippen LogP contribution in [0, 0.1) is 11.8 Å². The average molecular weight is 624 g/mol. The monoisotopic (exact) mass is 623 g/mol. The molecule has 1 heterocycles. The molecule has 0 bridgehead atoms. The molecular weight excluding hydrogens is 590 g/mol. The van der Waals surface area contributed by atoms with Crippen LogP contribution in [0.25, 0.3) is 11.1 Å². The molecule has 0 saturated carbocycles. The number of phenols is 1. The van der Waals surface area contributed by atoms with E-state index in [1.807, 2.05) is 48.5 Å².